The molecule has 0 saturated carbocycles. The van der Waals surface area contributed by atoms with Gasteiger partial charge in [0.25, 0.3) is 0 Å². The number of ether oxygens (including phenoxy) is 1. The van der Waals surface area contributed by atoms with E-state index < -0.39 is 0 Å². The summed E-state index contributed by atoms with van der Waals surface area (Å²) in [6.07, 6.45) is 0. The predicted octanol–water partition coefficient (Wildman–Crippen LogP) is 3.73. The van der Waals surface area contributed by atoms with Crippen LogP contribution in [0.3, 0.4) is 0 Å². The lowest BCUT2D eigenvalue weighted by molar-refractivity contribution is 0.301. The molecule has 0 radical (unpaired) electrons. The number of rotatable bonds is 5. The van der Waals surface area contributed by atoms with E-state index in [1.807, 2.05) is 31.3 Å². The first kappa shape index (κ1) is 14.0. The minimum absolute atomic E-state index is 0.257. The Bertz CT molecular complexity index is 724. The summed E-state index contributed by atoms with van der Waals surface area (Å²) in [6.45, 7) is 0.953. The lowest BCUT2D eigenvalue weighted by Crippen LogP contribution is -2.08. The summed E-state index contributed by atoms with van der Waals surface area (Å²) in [5.74, 6) is 0.428. The standard InChI is InChI=1S/C16H15FN2OS/c1-18-9-11-8-12(17)6-7-14(11)20-10-16-19-13-4-2-3-5-15(13)21-16/h2-8,18H,9-10H2,1H3. The van der Waals surface area contributed by atoms with Crippen LogP contribution < -0.4 is 10.1 Å². The van der Waals surface area contributed by atoms with Gasteiger partial charge in [-0.15, -0.1) is 11.3 Å². The van der Waals surface area contributed by atoms with Crippen molar-refractivity contribution in [2.75, 3.05) is 7.05 Å². The fourth-order valence-corrected chi connectivity index (χ4v) is 3.02. The Kier molecular flexibility index (Phi) is 4.13. The molecule has 3 rings (SSSR count). The third-order valence-electron chi connectivity index (χ3n) is 3.08. The van der Waals surface area contributed by atoms with Gasteiger partial charge < -0.3 is 10.1 Å². The van der Waals surface area contributed by atoms with Crippen LogP contribution in [0, 0.1) is 5.82 Å². The van der Waals surface area contributed by atoms with Crippen LogP contribution in [0.5, 0.6) is 5.75 Å². The Morgan fingerprint density at radius 3 is 2.90 bits per heavy atom. The highest BCUT2D eigenvalue weighted by molar-refractivity contribution is 7.18. The number of thiazole rings is 1. The van der Waals surface area contributed by atoms with Gasteiger partial charge in [-0.25, -0.2) is 9.37 Å². The van der Waals surface area contributed by atoms with Gasteiger partial charge >= 0.3 is 0 Å². The molecule has 1 aromatic heterocycles. The zero-order valence-corrected chi connectivity index (χ0v) is 12.4. The summed E-state index contributed by atoms with van der Waals surface area (Å²) in [6, 6.07) is 12.6. The maximum absolute atomic E-state index is 13.3. The topological polar surface area (TPSA) is 34.1 Å². The summed E-state index contributed by atoms with van der Waals surface area (Å²) in [5.41, 5.74) is 1.79. The molecule has 108 valence electrons. The van der Waals surface area contributed by atoms with Gasteiger partial charge in [-0.2, -0.15) is 0 Å². The fraction of sp³-hybridized carbons (Fsp3) is 0.188. The van der Waals surface area contributed by atoms with Crippen molar-refractivity contribution in [3.63, 3.8) is 0 Å². The first-order chi connectivity index (χ1) is 10.3. The minimum Gasteiger partial charge on any atom is -0.486 e. The molecule has 21 heavy (non-hydrogen) atoms. The second-order valence-corrected chi connectivity index (χ2v) is 5.76. The maximum atomic E-state index is 13.3. The van der Waals surface area contributed by atoms with Gasteiger partial charge in [0.2, 0.25) is 0 Å². The number of para-hydroxylation sites is 1. The van der Waals surface area contributed by atoms with Crippen LogP contribution in [0.4, 0.5) is 4.39 Å². The van der Waals surface area contributed by atoms with Crippen LogP contribution in [0.2, 0.25) is 0 Å². The van der Waals surface area contributed by atoms with E-state index in [1.165, 1.54) is 12.1 Å². The summed E-state index contributed by atoms with van der Waals surface area (Å²) >= 11 is 1.61. The average Bonchev–Trinajstić information content (AvgIpc) is 2.89. The summed E-state index contributed by atoms with van der Waals surface area (Å²) in [5, 5.41) is 3.92. The monoisotopic (exact) mass is 302 g/mol. The van der Waals surface area contributed by atoms with Gasteiger partial charge in [0.1, 0.15) is 23.2 Å². The molecule has 1 N–H and O–H groups in total. The van der Waals surface area contributed by atoms with Gasteiger partial charge in [-0.3, -0.25) is 0 Å². The lowest BCUT2D eigenvalue weighted by Gasteiger charge is -2.10. The van der Waals surface area contributed by atoms with Gasteiger partial charge in [0.15, 0.2) is 0 Å². The first-order valence-corrected chi connectivity index (χ1v) is 7.48. The molecule has 5 heteroatoms. The van der Waals surface area contributed by atoms with E-state index in [1.54, 1.807) is 17.4 Å². The van der Waals surface area contributed by atoms with Gasteiger partial charge in [-0.1, -0.05) is 12.1 Å². The van der Waals surface area contributed by atoms with Gasteiger partial charge in [0.05, 0.1) is 10.2 Å². The molecule has 1 heterocycles. The number of hydrogen-bond donors (Lipinski definition) is 1. The Balaban J connectivity index is 1.77. The molecule has 0 fully saturated rings. The predicted molar refractivity (Wildman–Crippen MR) is 83.1 cm³/mol. The largest absolute Gasteiger partial charge is 0.486 e. The van der Waals surface area contributed by atoms with Crippen LogP contribution in [0.25, 0.3) is 10.2 Å². The average molecular weight is 302 g/mol. The molecule has 0 aliphatic rings. The van der Waals surface area contributed by atoms with Crippen LogP contribution in [-0.2, 0) is 13.2 Å². The normalized spacial score (nSPS) is 11.0. The molecule has 0 aliphatic carbocycles. The van der Waals surface area contributed by atoms with Crippen LogP contribution in [0.1, 0.15) is 10.6 Å². The number of hydrogen-bond acceptors (Lipinski definition) is 4. The van der Waals surface area contributed by atoms with E-state index in [9.17, 15) is 4.39 Å². The van der Waals surface area contributed by atoms with Crippen molar-refractivity contribution in [2.24, 2.45) is 0 Å². The summed E-state index contributed by atoms with van der Waals surface area (Å²) in [4.78, 5) is 4.52. The number of nitrogens with one attached hydrogen (secondary N) is 1. The zero-order valence-electron chi connectivity index (χ0n) is 11.6. The van der Waals surface area contributed by atoms with Crippen molar-refractivity contribution in [1.29, 1.82) is 0 Å². The smallest absolute Gasteiger partial charge is 0.140 e. The number of halogens is 1. The van der Waals surface area contributed by atoms with E-state index in [-0.39, 0.29) is 5.82 Å². The van der Waals surface area contributed by atoms with E-state index in [0.29, 0.717) is 18.9 Å². The Labute approximate surface area is 126 Å². The van der Waals surface area contributed by atoms with Crippen LogP contribution in [-0.4, -0.2) is 12.0 Å². The molecule has 0 aliphatic heterocycles. The third kappa shape index (κ3) is 3.20. The fourth-order valence-electron chi connectivity index (χ4n) is 2.14. The second kappa shape index (κ2) is 6.20. The highest BCUT2D eigenvalue weighted by atomic mass is 32.1. The SMILES string of the molecule is CNCc1cc(F)ccc1OCc1nc2ccccc2s1. The van der Waals surface area contributed by atoms with Crippen molar-refractivity contribution < 1.29 is 9.13 Å². The number of fused-ring (bicyclic) bond motifs is 1. The second-order valence-electron chi connectivity index (χ2n) is 4.65. The van der Waals surface area contributed by atoms with Gasteiger partial charge in [0, 0.05) is 12.1 Å². The molecule has 3 nitrogen and oxygen atoms in total. The Hall–Kier alpha value is -1.98. The molecule has 0 atom stereocenters. The molecule has 3 aromatic rings. The molecule has 0 amide bonds. The lowest BCUT2D eigenvalue weighted by atomic mass is 10.2. The molecule has 2 aromatic carbocycles. The van der Waals surface area contributed by atoms with Crippen LogP contribution in [0.15, 0.2) is 42.5 Å². The molecule has 0 spiro atoms. The zero-order chi connectivity index (χ0) is 14.7. The van der Waals surface area contributed by atoms with Crippen molar-refractivity contribution in [1.82, 2.24) is 10.3 Å². The van der Waals surface area contributed by atoms with E-state index in [0.717, 1.165) is 20.8 Å². The Morgan fingerprint density at radius 1 is 1.24 bits per heavy atom. The summed E-state index contributed by atoms with van der Waals surface area (Å²) < 4.78 is 20.2. The highest BCUT2D eigenvalue weighted by Gasteiger charge is 2.08. The number of benzene rings is 2. The molecule has 0 unspecified atom stereocenters. The molecular weight excluding hydrogens is 287 g/mol. The third-order valence-corrected chi connectivity index (χ3v) is 4.09. The van der Waals surface area contributed by atoms with Crippen LogP contribution >= 0.6 is 11.3 Å². The van der Waals surface area contributed by atoms with E-state index in [2.05, 4.69) is 10.3 Å². The summed E-state index contributed by atoms with van der Waals surface area (Å²) in [7, 11) is 1.82. The highest BCUT2D eigenvalue weighted by Crippen LogP contribution is 2.25. The van der Waals surface area contributed by atoms with Crippen molar-refractivity contribution in [3.8, 4) is 5.75 Å². The van der Waals surface area contributed by atoms with E-state index in [4.69, 9.17) is 4.74 Å². The van der Waals surface area contributed by atoms with Crippen molar-refractivity contribution >= 4 is 21.6 Å². The number of aromatic nitrogens is 1. The molecular formula is C16H15FN2OS. The minimum atomic E-state index is -0.257. The quantitative estimate of drug-likeness (QED) is 0.779. The first-order valence-electron chi connectivity index (χ1n) is 6.66. The van der Waals surface area contributed by atoms with Crippen molar-refractivity contribution in [2.45, 2.75) is 13.2 Å². The Morgan fingerprint density at radius 2 is 2.10 bits per heavy atom. The molecule has 0 bridgehead atoms. The molecule has 0 saturated heterocycles. The van der Waals surface area contributed by atoms with Gasteiger partial charge in [-0.05, 0) is 37.4 Å². The number of nitrogens with zero attached hydrogens (tertiary/aromatic N) is 1. The van der Waals surface area contributed by atoms with Crippen molar-refractivity contribution in [3.05, 3.63) is 58.9 Å². The van der Waals surface area contributed by atoms with E-state index >= 15 is 0 Å². The maximum Gasteiger partial charge on any atom is 0.140 e.